The highest BCUT2D eigenvalue weighted by molar-refractivity contribution is 7.98. The molecule has 0 saturated carbocycles. The molecule has 1 atom stereocenters. The second kappa shape index (κ2) is 6.95. The topological polar surface area (TPSA) is 24.9 Å². The van der Waals surface area contributed by atoms with E-state index in [2.05, 4.69) is 36.5 Å². The maximum Gasteiger partial charge on any atom is 0.103 e. The van der Waals surface area contributed by atoms with Crippen molar-refractivity contribution in [1.82, 2.24) is 10.3 Å². The van der Waals surface area contributed by atoms with Gasteiger partial charge in [0.05, 0.1) is 11.4 Å². The Balaban J connectivity index is 1.68. The number of aromatic nitrogens is 1. The highest BCUT2D eigenvalue weighted by Crippen LogP contribution is 2.36. The average Bonchev–Trinajstić information content (AvgIpc) is 2.91. The lowest BCUT2D eigenvalue weighted by Gasteiger charge is -2.20. The van der Waals surface area contributed by atoms with Gasteiger partial charge in [-0.1, -0.05) is 17.7 Å². The molecule has 112 valence electrons. The Hall–Kier alpha value is -0.840. The van der Waals surface area contributed by atoms with Crippen molar-refractivity contribution in [1.29, 1.82) is 0 Å². The molecule has 0 fully saturated rings. The Morgan fingerprint density at radius 1 is 1.33 bits per heavy atom. The molecule has 3 rings (SSSR count). The first-order valence-electron chi connectivity index (χ1n) is 7.59. The van der Waals surface area contributed by atoms with E-state index >= 15 is 0 Å². The third-order valence-electron chi connectivity index (χ3n) is 3.95. The van der Waals surface area contributed by atoms with Gasteiger partial charge in [-0.15, -0.1) is 23.1 Å². The molecule has 1 N–H and O–H groups in total. The zero-order valence-corrected chi connectivity index (χ0v) is 14.3. The molecular weight excluding hydrogens is 296 g/mol. The maximum absolute atomic E-state index is 4.94. The Kier molecular flexibility index (Phi) is 4.99. The predicted octanol–water partition coefficient (Wildman–Crippen LogP) is 4.38. The van der Waals surface area contributed by atoms with Crippen LogP contribution >= 0.6 is 23.1 Å². The molecule has 0 amide bonds. The Morgan fingerprint density at radius 2 is 2.14 bits per heavy atom. The van der Waals surface area contributed by atoms with Crippen LogP contribution in [0.4, 0.5) is 0 Å². The molecule has 21 heavy (non-hydrogen) atoms. The molecule has 1 aromatic heterocycles. The summed E-state index contributed by atoms with van der Waals surface area (Å²) in [5.74, 6) is 1.61. The summed E-state index contributed by atoms with van der Waals surface area (Å²) in [4.78, 5) is 7.80. The summed E-state index contributed by atoms with van der Waals surface area (Å²) < 4.78 is 0. The molecule has 0 spiro atoms. The summed E-state index contributed by atoms with van der Waals surface area (Å²) in [6.07, 6.45) is 3.82. The van der Waals surface area contributed by atoms with Gasteiger partial charge in [-0.05, 0) is 45.4 Å². The van der Waals surface area contributed by atoms with Gasteiger partial charge >= 0.3 is 0 Å². The summed E-state index contributed by atoms with van der Waals surface area (Å²) in [6.45, 7) is 3.19. The SMILES string of the molecule is CNCC1CCCc2sc(CSc3ccc(C)cc3)nc21. The number of hydrogen-bond donors (Lipinski definition) is 1. The van der Waals surface area contributed by atoms with Gasteiger partial charge in [-0.2, -0.15) is 0 Å². The van der Waals surface area contributed by atoms with Crippen LogP contribution in [0.3, 0.4) is 0 Å². The minimum Gasteiger partial charge on any atom is -0.319 e. The van der Waals surface area contributed by atoms with Crippen molar-refractivity contribution in [3.05, 3.63) is 45.4 Å². The first-order valence-corrected chi connectivity index (χ1v) is 9.39. The predicted molar refractivity (Wildman–Crippen MR) is 92.5 cm³/mol. The van der Waals surface area contributed by atoms with Crippen molar-refractivity contribution in [2.24, 2.45) is 0 Å². The highest BCUT2D eigenvalue weighted by atomic mass is 32.2. The van der Waals surface area contributed by atoms with Crippen molar-refractivity contribution in [2.75, 3.05) is 13.6 Å². The van der Waals surface area contributed by atoms with E-state index in [9.17, 15) is 0 Å². The summed E-state index contributed by atoms with van der Waals surface area (Å²) in [5.41, 5.74) is 2.69. The fourth-order valence-electron chi connectivity index (χ4n) is 2.84. The Labute approximate surface area is 135 Å². The van der Waals surface area contributed by atoms with E-state index < -0.39 is 0 Å². The molecule has 1 unspecified atom stereocenters. The fraction of sp³-hybridized carbons (Fsp3) is 0.471. The van der Waals surface area contributed by atoms with Gasteiger partial charge in [0.25, 0.3) is 0 Å². The van der Waals surface area contributed by atoms with Crippen LogP contribution in [0.2, 0.25) is 0 Å². The van der Waals surface area contributed by atoms with Crippen molar-refractivity contribution in [2.45, 2.75) is 42.8 Å². The second-order valence-electron chi connectivity index (χ2n) is 5.66. The number of fused-ring (bicyclic) bond motifs is 1. The third kappa shape index (κ3) is 3.68. The normalized spacial score (nSPS) is 17.7. The van der Waals surface area contributed by atoms with Gasteiger partial charge in [0.2, 0.25) is 0 Å². The lowest BCUT2D eigenvalue weighted by molar-refractivity contribution is 0.522. The van der Waals surface area contributed by atoms with Crippen LogP contribution < -0.4 is 5.32 Å². The molecule has 2 nitrogen and oxygen atoms in total. The van der Waals surface area contributed by atoms with Gasteiger partial charge < -0.3 is 5.32 Å². The largest absolute Gasteiger partial charge is 0.319 e. The number of benzene rings is 1. The number of aryl methyl sites for hydroxylation is 2. The van der Waals surface area contributed by atoms with E-state index in [4.69, 9.17) is 4.98 Å². The number of rotatable bonds is 5. The van der Waals surface area contributed by atoms with Crippen molar-refractivity contribution >= 4 is 23.1 Å². The number of thiazole rings is 1. The van der Waals surface area contributed by atoms with Gasteiger partial charge in [0.15, 0.2) is 0 Å². The van der Waals surface area contributed by atoms with Gasteiger partial charge in [0.1, 0.15) is 5.01 Å². The lowest BCUT2D eigenvalue weighted by Crippen LogP contribution is -2.21. The quantitative estimate of drug-likeness (QED) is 0.828. The first-order chi connectivity index (χ1) is 10.3. The Bertz CT molecular complexity index is 589. The van der Waals surface area contributed by atoms with E-state index in [0.29, 0.717) is 5.92 Å². The summed E-state index contributed by atoms with van der Waals surface area (Å²) in [5, 5.41) is 4.60. The molecule has 0 saturated heterocycles. The molecular formula is C17H22N2S2. The van der Waals surface area contributed by atoms with Crippen LogP contribution in [0.5, 0.6) is 0 Å². The Morgan fingerprint density at radius 3 is 2.90 bits per heavy atom. The first kappa shape index (κ1) is 15.1. The van der Waals surface area contributed by atoms with Crippen molar-refractivity contribution in [3.8, 4) is 0 Å². The van der Waals surface area contributed by atoms with Crippen LogP contribution in [0, 0.1) is 6.92 Å². The summed E-state index contributed by atoms with van der Waals surface area (Å²) in [6, 6.07) is 8.77. The molecule has 0 bridgehead atoms. The van der Waals surface area contributed by atoms with Gasteiger partial charge in [-0.3, -0.25) is 0 Å². The molecule has 1 heterocycles. The molecule has 0 aliphatic heterocycles. The molecule has 1 aliphatic carbocycles. The molecule has 1 aliphatic rings. The minimum absolute atomic E-state index is 0.619. The van der Waals surface area contributed by atoms with E-state index in [0.717, 1.165) is 12.3 Å². The molecule has 4 heteroatoms. The molecule has 1 aromatic carbocycles. The standard InChI is InChI=1S/C17H22N2S2/c1-12-6-8-14(9-7-12)20-11-16-19-17-13(10-18-2)4-3-5-15(17)21-16/h6-9,13,18H,3-5,10-11H2,1-2H3. The van der Waals surface area contributed by atoms with Crippen LogP contribution in [0.1, 0.15) is 39.9 Å². The second-order valence-corrected chi connectivity index (χ2v) is 7.88. The van der Waals surface area contributed by atoms with E-state index in [-0.39, 0.29) is 0 Å². The number of nitrogens with zero attached hydrogens (tertiary/aromatic N) is 1. The van der Waals surface area contributed by atoms with Crippen LogP contribution in [-0.2, 0) is 12.2 Å². The smallest absolute Gasteiger partial charge is 0.103 e. The molecule has 2 aromatic rings. The lowest BCUT2D eigenvalue weighted by atomic mass is 9.91. The van der Waals surface area contributed by atoms with E-state index in [1.165, 1.54) is 45.3 Å². The van der Waals surface area contributed by atoms with Crippen molar-refractivity contribution < 1.29 is 0 Å². The highest BCUT2D eigenvalue weighted by Gasteiger charge is 2.24. The van der Waals surface area contributed by atoms with Crippen LogP contribution in [0.25, 0.3) is 0 Å². The van der Waals surface area contributed by atoms with Crippen LogP contribution in [0.15, 0.2) is 29.2 Å². The van der Waals surface area contributed by atoms with Crippen molar-refractivity contribution in [3.63, 3.8) is 0 Å². The van der Waals surface area contributed by atoms with E-state index in [1.54, 1.807) is 0 Å². The summed E-state index contributed by atoms with van der Waals surface area (Å²) >= 11 is 3.82. The number of hydrogen-bond acceptors (Lipinski definition) is 4. The minimum atomic E-state index is 0.619. The number of likely N-dealkylation sites (N-methyl/N-ethyl adjacent to an activating group) is 1. The number of nitrogens with one attached hydrogen (secondary N) is 1. The average molecular weight is 319 g/mol. The summed E-state index contributed by atoms with van der Waals surface area (Å²) in [7, 11) is 2.04. The number of thioether (sulfide) groups is 1. The zero-order chi connectivity index (χ0) is 14.7. The third-order valence-corrected chi connectivity index (χ3v) is 6.29. The van der Waals surface area contributed by atoms with E-state index in [1.807, 2.05) is 30.1 Å². The monoisotopic (exact) mass is 318 g/mol. The fourth-order valence-corrected chi connectivity index (χ4v) is 4.93. The zero-order valence-electron chi connectivity index (χ0n) is 12.7. The van der Waals surface area contributed by atoms with Crippen LogP contribution in [-0.4, -0.2) is 18.6 Å². The van der Waals surface area contributed by atoms with Gasteiger partial charge in [-0.25, -0.2) is 4.98 Å². The van der Waals surface area contributed by atoms with Gasteiger partial charge in [0, 0.05) is 22.2 Å². The maximum atomic E-state index is 4.94. The molecule has 0 radical (unpaired) electrons.